The number of rotatable bonds is 5. The van der Waals surface area contributed by atoms with Gasteiger partial charge in [0.15, 0.2) is 0 Å². The highest BCUT2D eigenvalue weighted by Gasteiger charge is 2.54. The maximum Gasteiger partial charge on any atom is 0.0578 e. The lowest BCUT2D eigenvalue weighted by Gasteiger charge is -2.50. The largest absolute Gasteiger partial charge is 0.393 e. The molecule has 6 atom stereocenters. The summed E-state index contributed by atoms with van der Waals surface area (Å²) >= 11 is 0. The quantitative estimate of drug-likeness (QED) is 0.532. The van der Waals surface area contributed by atoms with E-state index in [2.05, 4.69) is 52.8 Å². The number of hydrogen-bond acceptors (Lipinski definition) is 1. The minimum absolute atomic E-state index is 0.133. The van der Waals surface area contributed by atoms with Gasteiger partial charge in [0.05, 0.1) is 6.10 Å². The summed E-state index contributed by atoms with van der Waals surface area (Å²) in [6.07, 6.45) is 18.5. The molecule has 0 aromatic rings. The van der Waals surface area contributed by atoms with Gasteiger partial charge in [-0.25, -0.2) is 0 Å². The third-order valence-corrected chi connectivity index (χ3v) is 9.17. The van der Waals surface area contributed by atoms with Gasteiger partial charge in [-0.2, -0.15) is 0 Å². The van der Waals surface area contributed by atoms with Crippen LogP contribution in [0, 0.1) is 34.5 Å². The van der Waals surface area contributed by atoms with E-state index in [0.717, 1.165) is 42.9 Å². The van der Waals surface area contributed by atoms with Crippen LogP contribution in [0.15, 0.2) is 34.9 Å². The lowest BCUT2D eigenvalue weighted by Crippen LogP contribution is -2.41. The van der Waals surface area contributed by atoms with Crippen LogP contribution < -0.4 is 0 Å². The Balaban J connectivity index is 1.57. The topological polar surface area (TPSA) is 20.2 Å². The second kappa shape index (κ2) is 7.46. The highest BCUT2D eigenvalue weighted by Crippen LogP contribution is 2.64. The molecule has 156 valence electrons. The fourth-order valence-corrected chi connectivity index (χ4v) is 7.38. The molecular formula is C27H42O. The zero-order valence-electron chi connectivity index (χ0n) is 18.9. The summed E-state index contributed by atoms with van der Waals surface area (Å²) in [5.41, 5.74) is 5.40. The summed E-state index contributed by atoms with van der Waals surface area (Å²) in [5, 5.41) is 10.2. The van der Waals surface area contributed by atoms with E-state index in [0.29, 0.717) is 5.41 Å². The molecule has 1 nitrogen and oxygen atoms in total. The first-order valence-electron chi connectivity index (χ1n) is 12.1. The summed E-state index contributed by atoms with van der Waals surface area (Å²) in [6.45, 7) is 12.3. The lowest BCUT2D eigenvalue weighted by atomic mass is 9.54. The van der Waals surface area contributed by atoms with Gasteiger partial charge in [-0.05, 0) is 78.8 Å². The molecule has 0 spiro atoms. The Kier molecular flexibility index (Phi) is 5.45. The average Bonchev–Trinajstić information content (AvgIpc) is 2.99. The molecule has 4 aliphatic rings. The Morgan fingerprint density at radius 1 is 1.07 bits per heavy atom. The van der Waals surface area contributed by atoms with Crippen LogP contribution in [0.2, 0.25) is 0 Å². The maximum atomic E-state index is 10.2. The maximum absolute atomic E-state index is 10.2. The van der Waals surface area contributed by atoms with Crippen LogP contribution in [-0.4, -0.2) is 11.2 Å². The smallest absolute Gasteiger partial charge is 0.0578 e. The molecule has 2 saturated carbocycles. The molecule has 6 unspecified atom stereocenters. The van der Waals surface area contributed by atoms with Crippen LogP contribution >= 0.6 is 0 Å². The van der Waals surface area contributed by atoms with Crippen molar-refractivity contribution in [3.8, 4) is 0 Å². The van der Waals surface area contributed by atoms with Gasteiger partial charge in [-0.3, -0.25) is 0 Å². The standard InChI is InChI=1S/C27H42O/c1-18(2)7-6-8-19(3)23-11-12-24-22-10-9-20-17-21(28)13-15-26(20,4)25(22)14-16-27(23,24)5/h9-10,14,18-19,21,23-24,28H,6-8,11-13,15-17H2,1-5H3. The number of allylic oxidation sites excluding steroid dienone is 5. The van der Waals surface area contributed by atoms with Crippen LogP contribution in [0.4, 0.5) is 0 Å². The third-order valence-electron chi connectivity index (χ3n) is 9.17. The highest BCUT2D eigenvalue weighted by atomic mass is 16.3. The van der Waals surface area contributed by atoms with Crippen molar-refractivity contribution in [2.24, 2.45) is 34.5 Å². The van der Waals surface area contributed by atoms with E-state index in [9.17, 15) is 5.11 Å². The first kappa shape index (κ1) is 20.5. The first-order chi connectivity index (χ1) is 13.3. The molecule has 0 heterocycles. The van der Waals surface area contributed by atoms with Gasteiger partial charge in [0.1, 0.15) is 0 Å². The molecule has 0 bridgehead atoms. The monoisotopic (exact) mass is 382 g/mol. The summed E-state index contributed by atoms with van der Waals surface area (Å²) in [4.78, 5) is 0. The van der Waals surface area contributed by atoms with Gasteiger partial charge in [0, 0.05) is 5.41 Å². The molecule has 4 aliphatic carbocycles. The Hall–Kier alpha value is -0.820. The molecular weight excluding hydrogens is 340 g/mol. The zero-order chi connectivity index (χ0) is 20.1. The Morgan fingerprint density at radius 2 is 1.86 bits per heavy atom. The molecule has 28 heavy (non-hydrogen) atoms. The number of aliphatic hydroxyl groups excluding tert-OH is 1. The molecule has 4 rings (SSSR count). The highest BCUT2D eigenvalue weighted by molar-refractivity contribution is 5.53. The van der Waals surface area contributed by atoms with Gasteiger partial charge < -0.3 is 5.11 Å². The van der Waals surface area contributed by atoms with Crippen molar-refractivity contribution < 1.29 is 5.11 Å². The van der Waals surface area contributed by atoms with Gasteiger partial charge in [0.25, 0.3) is 0 Å². The summed E-state index contributed by atoms with van der Waals surface area (Å²) in [6, 6.07) is 0. The van der Waals surface area contributed by atoms with E-state index in [-0.39, 0.29) is 11.5 Å². The van der Waals surface area contributed by atoms with Crippen molar-refractivity contribution in [2.45, 2.75) is 98.5 Å². The Labute approximate surface area is 173 Å². The van der Waals surface area contributed by atoms with Crippen molar-refractivity contribution in [3.05, 3.63) is 34.9 Å². The number of fused-ring (bicyclic) bond motifs is 5. The molecule has 0 aromatic heterocycles. The second-order valence-electron chi connectivity index (χ2n) is 11.4. The van der Waals surface area contributed by atoms with Crippen LogP contribution in [0.5, 0.6) is 0 Å². The lowest BCUT2D eigenvalue weighted by molar-refractivity contribution is 0.107. The van der Waals surface area contributed by atoms with E-state index in [4.69, 9.17) is 0 Å². The minimum Gasteiger partial charge on any atom is -0.393 e. The van der Waals surface area contributed by atoms with E-state index in [1.54, 1.807) is 11.1 Å². The normalized spacial score (nSPS) is 40.8. The van der Waals surface area contributed by atoms with Crippen molar-refractivity contribution in [3.63, 3.8) is 0 Å². The molecule has 2 fully saturated rings. The molecule has 0 radical (unpaired) electrons. The van der Waals surface area contributed by atoms with Gasteiger partial charge in [-0.15, -0.1) is 0 Å². The van der Waals surface area contributed by atoms with E-state index in [1.807, 2.05) is 0 Å². The van der Waals surface area contributed by atoms with Crippen LogP contribution in [0.3, 0.4) is 0 Å². The predicted molar refractivity (Wildman–Crippen MR) is 119 cm³/mol. The molecule has 0 aromatic carbocycles. The van der Waals surface area contributed by atoms with Crippen LogP contribution in [0.1, 0.15) is 92.4 Å². The fraction of sp³-hybridized carbons (Fsp3) is 0.778. The van der Waals surface area contributed by atoms with Crippen LogP contribution in [0.25, 0.3) is 0 Å². The van der Waals surface area contributed by atoms with Crippen LogP contribution in [-0.2, 0) is 0 Å². The van der Waals surface area contributed by atoms with Gasteiger partial charge >= 0.3 is 0 Å². The minimum atomic E-state index is -0.133. The average molecular weight is 383 g/mol. The van der Waals surface area contributed by atoms with Crippen molar-refractivity contribution in [2.75, 3.05) is 0 Å². The Morgan fingerprint density at radius 3 is 2.61 bits per heavy atom. The Bertz CT molecular complexity index is 695. The molecule has 0 amide bonds. The summed E-state index contributed by atoms with van der Waals surface area (Å²) in [7, 11) is 0. The summed E-state index contributed by atoms with van der Waals surface area (Å²) in [5.74, 6) is 3.29. The third kappa shape index (κ3) is 3.26. The molecule has 1 heteroatoms. The van der Waals surface area contributed by atoms with Gasteiger partial charge in [-0.1, -0.05) is 77.7 Å². The van der Waals surface area contributed by atoms with E-state index >= 15 is 0 Å². The van der Waals surface area contributed by atoms with Crippen molar-refractivity contribution in [1.82, 2.24) is 0 Å². The van der Waals surface area contributed by atoms with Gasteiger partial charge in [0.2, 0.25) is 0 Å². The zero-order valence-corrected chi connectivity index (χ0v) is 18.9. The second-order valence-corrected chi connectivity index (χ2v) is 11.4. The van der Waals surface area contributed by atoms with Crippen molar-refractivity contribution >= 4 is 0 Å². The summed E-state index contributed by atoms with van der Waals surface area (Å²) < 4.78 is 0. The van der Waals surface area contributed by atoms with E-state index < -0.39 is 0 Å². The van der Waals surface area contributed by atoms with E-state index in [1.165, 1.54) is 44.1 Å². The number of hydrogen-bond donors (Lipinski definition) is 1. The number of aliphatic hydroxyl groups is 1. The molecule has 0 aliphatic heterocycles. The molecule has 0 saturated heterocycles. The SMILES string of the molecule is CC(C)CCCC(C)C1CCC2C3=CC=C4CC(O)CCC4(C)C3=CCC21C. The predicted octanol–water partition coefficient (Wildman–Crippen LogP) is 7.23. The first-order valence-corrected chi connectivity index (χ1v) is 12.1. The fourth-order valence-electron chi connectivity index (χ4n) is 7.38. The van der Waals surface area contributed by atoms with Crippen molar-refractivity contribution in [1.29, 1.82) is 0 Å². The molecule has 1 N–H and O–H groups in total.